The van der Waals surface area contributed by atoms with Gasteiger partial charge in [0.25, 0.3) is 5.91 Å². The first-order chi connectivity index (χ1) is 9.82. The summed E-state index contributed by atoms with van der Waals surface area (Å²) in [6.45, 7) is 10.4. The van der Waals surface area contributed by atoms with E-state index in [4.69, 9.17) is 4.42 Å². The van der Waals surface area contributed by atoms with Crippen LogP contribution in [-0.2, 0) is 4.79 Å². The molecule has 0 radical (unpaired) electrons. The summed E-state index contributed by atoms with van der Waals surface area (Å²) < 4.78 is 4.94. The van der Waals surface area contributed by atoms with Gasteiger partial charge in [-0.3, -0.25) is 9.59 Å². The lowest BCUT2D eigenvalue weighted by Crippen LogP contribution is -2.41. The van der Waals surface area contributed by atoms with E-state index in [1.54, 1.807) is 11.0 Å². The predicted octanol–water partition coefficient (Wildman–Crippen LogP) is 2.68. The Labute approximate surface area is 126 Å². The van der Waals surface area contributed by atoms with E-state index in [-0.39, 0.29) is 23.9 Å². The lowest BCUT2D eigenvalue weighted by Gasteiger charge is -2.26. The molecule has 1 N–H and O–H groups in total. The average molecular weight is 294 g/mol. The summed E-state index contributed by atoms with van der Waals surface area (Å²) in [5.74, 6) is 0.257. The van der Waals surface area contributed by atoms with Crippen molar-refractivity contribution in [3.05, 3.63) is 24.2 Å². The van der Waals surface area contributed by atoms with Crippen molar-refractivity contribution in [2.24, 2.45) is 5.92 Å². The number of rotatable bonds is 7. The minimum atomic E-state index is -0.108. The molecule has 0 spiro atoms. The van der Waals surface area contributed by atoms with Crippen molar-refractivity contribution >= 4 is 11.8 Å². The zero-order chi connectivity index (χ0) is 16.0. The van der Waals surface area contributed by atoms with Crippen molar-refractivity contribution < 1.29 is 14.0 Å². The van der Waals surface area contributed by atoms with Gasteiger partial charge in [-0.15, -0.1) is 0 Å². The number of carbonyl (C=O) groups is 2. The number of nitrogens with one attached hydrogen (secondary N) is 1. The molecule has 0 aliphatic heterocycles. The van der Waals surface area contributed by atoms with Crippen molar-refractivity contribution in [2.45, 2.75) is 53.1 Å². The van der Waals surface area contributed by atoms with E-state index in [0.717, 1.165) is 0 Å². The maximum atomic E-state index is 12.3. The zero-order valence-electron chi connectivity index (χ0n) is 13.6. The van der Waals surface area contributed by atoms with Crippen LogP contribution in [-0.4, -0.2) is 35.3 Å². The second-order valence-corrected chi connectivity index (χ2v) is 5.95. The Morgan fingerprint density at radius 1 is 1.24 bits per heavy atom. The molecule has 118 valence electrons. The summed E-state index contributed by atoms with van der Waals surface area (Å²) >= 11 is 0. The highest BCUT2D eigenvalue weighted by Crippen LogP contribution is 2.10. The predicted molar refractivity (Wildman–Crippen MR) is 81.9 cm³/mol. The van der Waals surface area contributed by atoms with Crippen LogP contribution in [0.1, 0.15) is 51.4 Å². The van der Waals surface area contributed by atoms with Gasteiger partial charge in [-0.1, -0.05) is 13.8 Å². The van der Waals surface area contributed by atoms with Crippen molar-refractivity contribution in [3.8, 4) is 0 Å². The molecule has 1 aromatic rings. The van der Waals surface area contributed by atoms with E-state index in [1.165, 1.54) is 12.5 Å². The number of hydrogen-bond acceptors (Lipinski definition) is 3. The molecule has 2 amide bonds. The molecule has 5 nitrogen and oxygen atoms in total. The Hall–Kier alpha value is -1.78. The minimum absolute atomic E-state index is 0.0261. The molecule has 0 saturated heterocycles. The van der Waals surface area contributed by atoms with Crippen molar-refractivity contribution in [1.82, 2.24) is 10.2 Å². The van der Waals surface area contributed by atoms with Crippen LogP contribution in [0.25, 0.3) is 0 Å². The van der Waals surface area contributed by atoms with E-state index in [0.29, 0.717) is 24.4 Å². The summed E-state index contributed by atoms with van der Waals surface area (Å²) in [5, 5.41) is 2.95. The number of nitrogens with zero attached hydrogens (tertiary/aromatic N) is 1. The number of amides is 2. The van der Waals surface area contributed by atoms with Crippen molar-refractivity contribution in [3.63, 3.8) is 0 Å². The first-order valence-electron chi connectivity index (χ1n) is 7.45. The Kier molecular flexibility index (Phi) is 6.46. The SMILES string of the molecule is CC(C)C(C)NC(=O)CCN(C(=O)c1ccoc1)C(C)C. The Morgan fingerprint density at radius 3 is 2.38 bits per heavy atom. The molecule has 0 aromatic carbocycles. The second-order valence-electron chi connectivity index (χ2n) is 5.95. The van der Waals surface area contributed by atoms with E-state index >= 15 is 0 Å². The van der Waals surface area contributed by atoms with Crippen LogP contribution in [0.3, 0.4) is 0 Å². The third-order valence-corrected chi connectivity index (χ3v) is 3.62. The van der Waals surface area contributed by atoms with E-state index in [9.17, 15) is 9.59 Å². The third-order valence-electron chi connectivity index (χ3n) is 3.62. The topological polar surface area (TPSA) is 62.6 Å². The van der Waals surface area contributed by atoms with Gasteiger partial charge in [0.1, 0.15) is 6.26 Å². The van der Waals surface area contributed by atoms with Gasteiger partial charge >= 0.3 is 0 Å². The van der Waals surface area contributed by atoms with E-state index in [2.05, 4.69) is 19.2 Å². The fraction of sp³-hybridized carbons (Fsp3) is 0.625. The van der Waals surface area contributed by atoms with Crippen molar-refractivity contribution in [1.29, 1.82) is 0 Å². The molecule has 0 saturated carbocycles. The van der Waals surface area contributed by atoms with Crippen LogP contribution in [0, 0.1) is 5.92 Å². The molecular weight excluding hydrogens is 268 g/mol. The molecule has 1 aromatic heterocycles. The summed E-state index contributed by atoms with van der Waals surface area (Å²) in [4.78, 5) is 25.9. The molecule has 21 heavy (non-hydrogen) atoms. The molecule has 1 heterocycles. The molecule has 0 aliphatic carbocycles. The quantitative estimate of drug-likeness (QED) is 0.841. The molecule has 1 atom stereocenters. The minimum Gasteiger partial charge on any atom is -0.472 e. The highest BCUT2D eigenvalue weighted by Gasteiger charge is 2.21. The van der Waals surface area contributed by atoms with Gasteiger partial charge < -0.3 is 14.6 Å². The number of furan rings is 1. The van der Waals surface area contributed by atoms with Gasteiger partial charge in [-0.2, -0.15) is 0 Å². The first-order valence-corrected chi connectivity index (χ1v) is 7.45. The molecule has 0 fully saturated rings. The summed E-state index contributed by atoms with van der Waals surface area (Å²) in [6, 6.07) is 1.80. The van der Waals surface area contributed by atoms with Crippen LogP contribution in [0.15, 0.2) is 23.0 Å². The summed E-state index contributed by atoms with van der Waals surface area (Å²) in [6.07, 6.45) is 3.21. The van der Waals surface area contributed by atoms with Gasteiger partial charge in [0.15, 0.2) is 0 Å². The Morgan fingerprint density at radius 2 is 1.90 bits per heavy atom. The largest absolute Gasteiger partial charge is 0.472 e. The molecule has 0 aliphatic rings. The molecule has 1 rings (SSSR count). The van der Waals surface area contributed by atoms with Crippen LogP contribution in [0.4, 0.5) is 0 Å². The van der Waals surface area contributed by atoms with Crippen LogP contribution < -0.4 is 5.32 Å². The van der Waals surface area contributed by atoms with Crippen molar-refractivity contribution in [2.75, 3.05) is 6.54 Å². The van der Waals surface area contributed by atoms with E-state index < -0.39 is 0 Å². The Bertz CT molecular complexity index is 452. The normalized spacial score (nSPS) is 12.5. The lowest BCUT2D eigenvalue weighted by atomic mass is 10.1. The maximum absolute atomic E-state index is 12.3. The zero-order valence-corrected chi connectivity index (χ0v) is 13.6. The van der Waals surface area contributed by atoms with Gasteiger partial charge in [-0.05, 0) is 32.8 Å². The second kappa shape index (κ2) is 7.86. The maximum Gasteiger partial charge on any atom is 0.257 e. The van der Waals surface area contributed by atoms with Crippen LogP contribution in [0.2, 0.25) is 0 Å². The Balaban J connectivity index is 2.56. The number of hydrogen-bond donors (Lipinski definition) is 1. The standard InChI is InChI=1S/C16H26N2O3/c1-11(2)13(5)17-15(19)6-8-18(12(3)4)16(20)14-7-9-21-10-14/h7,9-13H,6,8H2,1-5H3,(H,17,19). The smallest absolute Gasteiger partial charge is 0.257 e. The van der Waals surface area contributed by atoms with Crippen LogP contribution >= 0.6 is 0 Å². The van der Waals surface area contributed by atoms with E-state index in [1.807, 2.05) is 20.8 Å². The number of carbonyl (C=O) groups excluding carboxylic acids is 2. The molecular formula is C16H26N2O3. The van der Waals surface area contributed by atoms with Gasteiger partial charge in [-0.25, -0.2) is 0 Å². The lowest BCUT2D eigenvalue weighted by molar-refractivity contribution is -0.122. The molecule has 0 bridgehead atoms. The highest BCUT2D eigenvalue weighted by atomic mass is 16.3. The fourth-order valence-electron chi connectivity index (χ4n) is 1.86. The van der Waals surface area contributed by atoms with Gasteiger partial charge in [0.05, 0.1) is 11.8 Å². The fourth-order valence-corrected chi connectivity index (χ4v) is 1.86. The summed E-state index contributed by atoms with van der Waals surface area (Å²) in [7, 11) is 0. The molecule has 5 heteroatoms. The molecule has 1 unspecified atom stereocenters. The van der Waals surface area contributed by atoms with Gasteiger partial charge in [0.2, 0.25) is 5.91 Å². The van der Waals surface area contributed by atoms with Crippen LogP contribution in [0.5, 0.6) is 0 Å². The third kappa shape index (κ3) is 5.25. The monoisotopic (exact) mass is 294 g/mol. The summed E-state index contributed by atoms with van der Waals surface area (Å²) in [5.41, 5.74) is 0.514. The van der Waals surface area contributed by atoms with Gasteiger partial charge in [0, 0.05) is 25.0 Å². The first kappa shape index (κ1) is 17.3. The highest BCUT2D eigenvalue weighted by molar-refractivity contribution is 5.94. The average Bonchev–Trinajstić information content (AvgIpc) is 2.91.